The van der Waals surface area contributed by atoms with Crippen molar-refractivity contribution in [2.45, 2.75) is 12.5 Å². The second kappa shape index (κ2) is 12.6. The van der Waals surface area contributed by atoms with Gasteiger partial charge in [-0.3, -0.25) is 13.8 Å². The van der Waals surface area contributed by atoms with Gasteiger partial charge in [0.15, 0.2) is 0 Å². The number of amides is 2. The van der Waals surface area contributed by atoms with Crippen molar-refractivity contribution in [3.05, 3.63) is 89.0 Å². The minimum Gasteiger partial charge on any atom is -0.487 e. The minimum absolute atomic E-state index is 0.0416. The Labute approximate surface area is 231 Å². The summed E-state index contributed by atoms with van der Waals surface area (Å²) < 4.78 is 30.4. The molecule has 4 N–H and O–H groups in total. The number of aromatic nitrogens is 2. The lowest BCUT2D eigenvalue weighted by atomic mass is 9.96. The van der Waals surface area contributed by atoms with E-state index in [2.05, 4.69) is 20.6 Å². The van der Waals surface area contributed by atoms with E-state index < -0.39 is 28.5 Å². The van der Waals surface area contributed by atoms with Crippen LogP contribution in [0.25, 0.3) is 10.9 Å². The molecule has 4 aromatic rings. The molecular formula is C27H25ClFN5O4S. The van der Waals surface area contributed by atoms with Crippen LogP contribution < -0.4 is 21.1 Å². The zero-order valence-electron chi connectivity index (χ0n) is 20.8. The van der Waals surface area contributed by atoms with Gasteiger partial charge in [-0.05, 0) is 53.6 Å². The average molecular weight is 570 g/mol. The number of hydrogen-bond acceptors (Lipinski definition) is 7. The first-order valence-corrected chi connectivity index (χ1v) is 13.8. The van der Waals surface area contributed by atoms with Crippen molar-refractivity contribution in [1.29, 1.82) is 0 Å². The van der Waals surface area contributed by atoms with Crippen molar-refractivity contribution in [2.75, 3.05) is 23.9 Å². The van der Waals surface area contributed by atoms with E-state index in [1.54, 1.807) is 48.5 Å². The Morgan fingerprint density at radius 1 is 1.13 bits per heavy atom. The predicted molar refractivity (Wildman–Crippen MR) is 149 cm³/mol. The average Bonchev–Trinajstić information content (AvgIpc) is 2.88. The first-order chi connectivity index (χ1) is 18.7. The van der Waals surface area contributed by atoms with Gasteiger partial charge in [0.25, 0.3) is 0 Å². The second-order valence-electron chi connectivity index (χ2n) is 8.66. The van der Waals surface area contributed by atoms with Gasteiger partial charge in [0.1, 0.15) is 36.1 Å². The molecule has 0 bridgehead atoms. The topological polar surface area (TPSA) is 136 Å². The molecule has 0 aliphatic carbocycles. The summed E-state index contributed by atoms with van der Waals surface area (Å²) in [6.45, 7) is 0.112. The standard InChI is InChI=1S/C27H25ClFN5O4S/c1-39(37)14-25(35)31-12-21(26(30)36)17-5-7-23-20(10-17)27(33-15-32-23)34-19-6-8-24(22(28)11-19)38-13-16-3-2-4-18(29)9-16/h2-11,15,21H,12-14H2,1H3,(H2,30,36)(H,31,35)(H,32,33,34). The predicted octanol–water partition coefficient (Wildman–Crippen LogP) is 3.81. The number of fused-ring (bicyclic) bond motifs is 1. The van der Waals surface area contributed by atoms with Gasteiger partial charge in [-0.25, -0.2) is 14.4 Å². The lowest BCUT2D eigenvalue weighted by Crippen LogP contribution is -2.36. The number of rotatable bonds is 11. The van der Waals surface area contributed by atoms with Crippen molar-refractivity contribution in [3.63, 3.8) is 0 Å². The SMILES string of the molecule is CS(=O)CC(=O)NCC(C(N)=O)c1ccc2ncnc(Nc3ccc(OCc4cccc(F)c4)c(Cl)c3)c2c1. The number of nitrogens with one attached hydrogen (secondary N) is 2. The Morgan fingerprint density at radius 3 is 2.67 bits per heavy atom. The van der Waals surface area contributed by atoms with Crippen LogP contribution in [0.4, 0.5) is 15.9 Å². The monoisotopic (exact) mass is 569 g/mol. The van der Waals surface area contributed by atoms with Gasteiger partial charge < -0.3 is 21.1 Å². The van der Waals surface area contributed by atoms with Gasteiger partial charge in [0.2, 0.25) is 11.8 Å². The summed E-state index contributed by atoms with van der Waals surface area (Å²) >= 11 is 6.43. The highest BCUT2D eigenvalue weighted by atomic mass is 35.5. The van der Waals surface area contributed by atoms with Crippen LogP contribution in [0.2, 0.25) is 5.02 Å². The summed E-state index contributed by atoms with van der Waals surface area (Å²) in [5.41, 5.74) is 8.09. The van der Waals surface area contributed by atoms with Crippen LogP contribution in [0.5, 0.6) is 5.75 Å². The number of primary amides is 1. The normalized spacial score (nSPS) is 12.5. The Morgan fingerprint density at radius 2 is 1.95 bits per heavy atom. The molecule has 0 fully saturated rings. The molecule has 3 aromatic carbocycles. The summed E-state index contributed by atoms with van der Waals surface area (Å²) in [4.78, 5) is 32.8. The van der Waals surface area contributed by atoms with E-state index in [4.69, 9.17) is 22.1 Å². The Hall–Kier alpha value is -4.09. The van der Waals surface area contributed by atoms with Gasteiger partial charge in [-0.2, -0.15) is 0 Å². The lowest BCUT2D eigenvalue weighted by molar-refractivity contribution is -0.120. The molecule has 1 aromatic heterocycles. The third-order valence-electron chi connectivity index (χ3n) is 5.72. The molecule has 0 saturated carbocycles. The molecule has 2 unspecified atom stereocenters. The van der Waals surface area contributed by atoms with Crippen LogP contribution in [0.1, 0.15) is 17.0 Å². The van der Waals surface area contributed by atoms with Crippen LogP contribution in [-0.4, -0.2) is 44.5 Å². The molecule has 0 saturated heterocycles. The maximum Gasteiger partial charge on any atom is 0.232 e. The van der Waals surface area contributed by atoms with E-state index in [1.165, 1.54) is 24.7 Å². The molecule has 39 heavy (non-hydrogen) atoms. The van der Waals surface area contributed by atoms with Gasteiger partial charge in [-0.1, -0.05) is 29.8 Å². The summed E-state index contributed by atoms with van der Waals surface area (Å²) in [5.74, 6) is -1.50. The number of ether oxygens (including phenoxy) is 1. The Balaban J connectivity index is 1.53. The highest BCUT2D eigenvalue weighted by Crippen LogP contribution is 2.32. The fraction of sp³-hybridized carbons (Fsp3) is 0.185. The highest BCUT2D eigenvalue weighted by Gasteiger charge is 2.20. The molecule has 2 amide bonds. The molecule has 0 aliphatic heterocycles. The third-order valence-corrected chi connectivity index (χ3v) is 6.68. The number of halogens is 2. The molecule has 9 nitrogen and oxygen atoms in total. The molecular weight excluding hydrogens is 545 g/mol. The van der Waals surface area contributed by atoms with Crippen LogP contribution in [0.3, 0.4) is 0 Å². The third kappa shape index (κ3) is 7.49. The summed E-state index contributed by atoms with van der Waals surface area (Å²) in [7, 11) is -1.31. The number of benzene rings is 3. The molecule has 0 aliphatic rings. The second-order valence-corrected chi connectivity index (χ2v) is 10.5. The van der Waals surface area contributed by atoms with Gasteiger partial charge in [0, 0.05) is 34.7 Å². The van der Waals surface area contributed by atoms with Gasteiger partial charge in [0.05, 0.1) is 16.5 Å². The van der Waals surface area contributed by atoms with Crippen LogP contribution in [-0.2, 0) is 27.0 Å². The van der Waals surface area contributed by atoms with E-state index in [0.717, 1.165) is 0 Å². The number of anilines is 2. The maximum atomic E-state index is 13.4. The molecule has 2 atom stereocenters. The van der Waals surface area contributed by atoms with E-state index in [9.17, 15) is 18.2 Å². The van der Waals surface area contributed by atoms with E-state index >= 15 is 0 Å². The van der Waals surface area contributed by atoms with Crippen LogP contribution >= 0.6 is 11.6 Å². The van der Waals surface area contributed by atoms with Gasteiger partial charge >= 0.3 is 0 Å². The zero-order chi connectivity index (χ0) is 27.9. The lowest BCUT2D eigenvalue weighted by Gasteiger charge is -2.16. The summed E-state index contributed by atoms with van der Waals surface area (Å²) in [6.07, 6.45) is 2.82. The van der Waals surface area contributed by atoms with Gasteiger partial charge in [-0.15, -0.1) is 0 Å². The molecule has 0 radical (unpaired) electrons. The van der Waals surface area contributed by atoms with E-state index in [1.807, 2.05) is 0 Å². The molecule has 1 heterocycles. The van der Waals surface area contributed by atoms with Crippen molar-refractivity contribution in [3.8, 4) is 5.75 Å². The van der Waals surface area contributed by atoms with Crippen LogP contribution in [0, 0.1) is 5.82 Å². The molecule has 0 spiro atoms. The first-order valence-electron chi connectivity index (χ1n) is 11.7. The van der Waals surface area contributed by atoms with E-state index in [-0.39, 0.29) is 24.7 Å². The summed E-state index contributed by atoms with van der Waals surface area (Å²) in [5, 5.41) is 6.77. The highest BCUT2D eigenvalue weighted by molar-refractivity contribution is 7.85. The Bertz CT molecular complexity index is 1550. The number of nitrogens with zero attached hydrogens (tertiary/aromatic N) is 2. The van der Waals surface area contributed by atoms with Crippen molar-refractivity contribution >= 4 is 56.6 Å². The van der Waals surface area contributed by atoms with Crippen molar-refractivity contribution < 1.29 is 22.9 Å². The molecule has 12 heteroatoms. The number of carbonyl (C=O) groups excluding carboxylic acids is 2. The first kappa shape index (κ1) is 27.9. The number of hydrogen-bond donors (Lipinski definition) is 3. The van der Waals surface area contributed by atoms with Crippen molar-refractivity contribution in [2.24, 2.45) is 5.73 Å². The molecule has 4 rings (SSSR count). The Kier molecular flexibility index (Phi) is 9.05. The largest absolute Gasteiger partial charge is 0.487 e. The summed E-state index contributed by atoms with van der Waals surface area (Å²) in [6, 6.07) is 16.4. The van der Waals surface area contributed by atoms with Crippen molar-refractivity contribution in [1.82, 2.24) is 15.3 Å². The maximum absolute atomic E-state index is 13.4. The number of carbonyl (C=O) groups is 2. The minimum atomic E-state index is -1.31. The number of nitrogens with two attached hydrogens (primary N) is 1. The molecule has 202 valence electrons. The fourth-order valence-electron chi connectivity index (χ4n) is 3.85. The van der Waals surface area contributed by atoms with E-state index in [0.29, 0.717) is 44.3 Å². The van der Waals surface area contributed by atoms with Crippen LogP contribution in [0.15, 0.2) is 67.0 Å². The quantitative estimate of drug-likeness (QED) is 0.250. The zero-order valence-corrected chi connectivity index (χ0v) is 22.4. The fourth-order valence-corrected chi connectivity index (χ4v) is 4.55. The smallest absolute Gasteiger partial charge is 0.232 e.